The van der Waals surface area contributed by atoms with Gasteiger partial charge >= 0.3 is 0 Å². The summed E-state index contributed by atoms with van der Waals surface area (Å²) in [5, 5.41) is 7.34. The number of hydrogen-bond acceptors (Lipinski definition) is 4. The Morgan fingerprint density at radius 3 is 2.54 bits per heavy atom. The number of carbonyl (C=O) groups excluding carboxylic acids is 2. The molecule has 28 heavy (non-hydrogen) atoms. The number of aryl methyl sites for hydroxylation is 2. The van der Waals surface area contributed by atoms with Crippen LogP contribution in [0.3, 0.4) is 0 Å². The van der Waals surface area contributed by atoms with Crippen molar-refractivity contribution in [2.45, 2.75) is 27.2 Å². The molecule has 0 aliphatic carbocycles. The molecule has 2 amide bonds. The first-order valence-electron chi connectivity index (χ1n) is 8.51. The van der Waals surface area contributed by atoms with Gasteiger partial charge < -0.3 is 10.1 Å². The lowest BCUT2D eigenvalue weighted by molar-refractivity contribution is -0.123. The van der Waals surface area contributed by atoms with Gasteiger partial charge in [-0.15, -0.1) is 0 Å². The van der Waals surface area contributed by atoms with Crippen molar-refractivity contribution in [1.82, 2.24) is 5.43 Å². The molecule has 0 saturated carbocycles. The highest BCUT2D eigenvalue weighted by atomic mass is 79.9. The molecular weight excluding hydrogens is 446 g/mol. The van der Waals surface area contributed by atoms with Crippen molar-refractivity contribution >= 4 is 50.7 Å². The van der Waals surface area contributed by atoms with Crippen LogP contribution in [0.15, 0.2) is 46.0 Å². The van der Waals surface area contributed by atoms with E-state index >= 15 is 0 Å². The molecule has 0 aliphatic heterocycles. The van der Waals surface area contributed by atoms with E-state index in [2.05, 4.69) is 31.8 Å². The number of nitrogens with zero attached hydrogens (tertiary/aromatic N) is 1. The summed E-state index contributed by atoms with van der Waals surface area (Å²) in [5.41, 5.74) is 5.32. The summed E-state index contributed by atoms with van der Waals surface area (Å²) in [6.07, 6.45) is 0.0506. The second kappa shape index (κ2) is 10.2. The lowest BCUT2D eigenvalue weighted by Gasteiger charge is -2.09. The molecule has 0 saturated heterocycles. The first kappa shape index (κ1) is 21.9. The van der Waals surface area contributed by atoms with Gasteiger partial charge in [0.25, 0.3) is 5.91 Å². The summed E-state index contributed by atoms with van der Waals surface area (Å²) in [4.78, 5) is 24.0. The van der Waals surface area contributed by atoms with E-state index in [-0.39, 0.29) is 18.9 Å². The maximum Gasteiger partial charge on any atom is 0.277 e. The Kier molecular flexibility index (Phi) is 8.02. The standard InChI is InChI=1S/C20H21BrClN3O3/c1-12-9-16(22)5-6-17(12)23-19(26)10-14(3)24-25-20(27)11-28-18-7-4-15(21)8-13(18)2/h4-9H,10-11H2,1-3H3,(H,23,26)(H,25,27)/b24-14+. The minimum atomic E-state index is -0.407. The van der Waals surface area contributed by atoms with Gasteiger partial charge in [-0.05, 0) is 68.3 Å². The van der Waals surface area contributed by atoms with E-state index in [0.29, 0.717) is 22.2 Å². The topological polar surface area (TPSA) is 79.8 Å². The van der Waals surface area contributed by atoms with Crippen molar-refractivity contribution in [1.29, 1.82) is 0 Å². The molecule has 0 heterocycles. The number of nitrogens with one attached hydrogen (secondary N) is 2. The molecule has 0 spiro atoms. The van der Waals surface area contributed by atoms with Crippen LogP contribution in [0, 0.1) is 13.8 Å². The van der Waals surface area contributed by atoms with Crippen molar-refractivity contribution in [2.75, 3.05) is 11.9 Å². The third-order valence-corrected chi connectivity index (χ3v) is 4.47. The minimum absolute atomic E-state index is 0.0506. The fourth-order valence-electron chi connectivity index (χ4n) is 2.34. The SMILES string of the molecule is C/C(CC(=O)Nc1ccc(Cl)cc1C)=N\NC(=O)COc1ccc(Br)cc1C. The highest BCUT2D eigenvalue weighted by Crippen LogP contribution is 2.22. The van der Waals surface area contributed by atoms with Crippen LogP contribution in [-0.2, 0) is 9.59 Å². The average Bonchev–Trinajstić information content (AvgIpc) is 2.61. The van der Waals surface area contributed by atoms with Gasteiger partial charge in [0.05, 0.1) is 6.42 Å². The summed E-state index contributed by atoms with van der Waals surface area (Å²) in [6, 6.07) is 10.7. The summed E-state index contributed by atoms with van der Waals surface area (Å²) in [5.74, 6) is -0.0185. The Hall–Kier alpha value is -2.38. The van der Waals surface area contributed by atoms with Crippen LogP contribution < -0.4 is 15.5 Å². The minimum Gasteiger partial charge on any atom is -0.483 e. The van der Waals surface area contributed by atoms with Crippen LogP contribution in [0.5, 0.6) is 5.75 Å². The fraction of sp³-hybridized carbons (Fsp3) is 0.250. The normalized spacial score (nSPS) is 11.1. The zero-order valence-electron chi connectivity index (χ0n) is 15.8. The van der Waals surface area contributed by atoms with Gasteiger partial charge in [-0.25, -0.2) is 5.43 Å². The quantitative estimate of drug-likeness (QED) is 0.461. The number of hydrogen-bond donors (Lipinski definition) is 2. The maximum absolute atomic E-state index is 12.1. The number of amides is 2. The van der Waals surface area contributed by atoms with Crippen LogP contribution in [-0.4, -0.2) is 24.1 Å². The Morgan fingerprint density at radius 1 is 1.11 bits per heavy atom. The second-order valence-corrected chi connectivity index (χ2v) is 7.62. The second-order valence-electron chi connectivity index (χ2n) is 6.26. The van der Waals surface area contributed by atoms with Gasteiger partial charge in [0.2, 0.25) is 5.91 Å². The number of anilines is 1. The third kappa shape index (κ3) is 6.98. The van der Waals surface area contributed by atoms with Crippen LogP contribution >= 0.6 is 27.5 Å². The highest BCUT2D eigenvalue weighted by Gasteiger charge is 2.08. The van der Waals surface area contributed by atoms with E-state index in [1.165, 1.54) is 0 Å². The van der Waals surface area contributed by atoms with Gasteiger partial charge in [-0.3, -0.25) is 9.59 Å². The van der Waals surface area contributed by atoms with E-state index in [0.717, 1.165) is 15.6 Å². The molecule has 2 aromatic rings. The molecule has 8 heteroatoms. The molecule has 148 valence electrons. The monoisotopic (exact) mass is 465 g/mol. The molecule has 0 aromatic heterocycles. The van der Waals surface area contributed by atoms with Crippen molar-refractivity contribution < 1.29 is 14.3 Å². The Bertz CT molecular complexity index is 916. The Morgan fingerprint density at radius 2 is 1.86 bits per heavy atom. The number of halogens is 2. The summed E-state index contributed by atoms with van der Waals surface area (Å²) in [7, 11) is 0. The lowest BCUT2D eigenvalue weighted by atomic mass is 10.2. The van der Waals surface area contributed by atoms with Gasteiger partial charge in [-0.1, -0.05) is 27.5 Å². The van der Waals surface area contributed by atoms with E-state index in [4.69, 9.17) is 16.3 Å². The van der Waals surface area contributed by atoms with Crippen molar-refractivity contribution in [3.05, 3.63) is 57.0 Å². The number of hydrazone groups is 1. The number of benzene rings is 2. The van der Waals surface area contributed by atoms with Crippen molar-refractivity contribution in [3.63, 3.8) is 0 Å². The highest BCUT2D eigenvalue weighted by molar-refractivity contribution is 9.10. The molecule has 0 radical (unpaired) electrons. The molecule has 2 N–H and O–H groups in total. The van der Waals surface area contributed by atoms with Gasteiger partial charge in [0.15, 0.2) is 6.61 Å². The molecule has 0 bridgehead atoms. The summed E-state index contributed by atoms with van der Waals surface area (Å²) < 4.78 is 6.42. The van der Waals surface area contributed by atoms with Crippen LogP contribution in [0.1, 0.15) is 24.5 Å². The molecule has 0 atom stereocenters. The average molecular weight is 467 g/mol. The largest absolute Gasteiger partial charge is 0.483 e. The maximum atomic E-state index is 12.1. The summed E-state index contributed by atoms with van der Waals surface area (Å²) >= 11 is 9.28. The van der Waals surface area contributed by atoms with Gasteiger partial charge in [0.1, 0.15) is 5.75 Å². The first-order valence-corrected chi connectivity index (χ1v) is 9.68. The Balaban J connectivity index is 1.80. The van der Waals surface area contributed by atoms with Crippen molar-refractivity contribution in [2.24, 2.45) is 5.10 Å². The number of rotatable bonds is 7. The van der Waals surface area contributed by atoms with E-state index in [1.54, 1.807) is 31.2 Å². The number of carbonyl (C=O) groups is 2. The predicted molar refractivity (Wildman–Crippen MR) is 115 cm³/mol. The van der Waals surface area contributed by atoms with Crippen molar-refractivity contribution in [3.8, 4) is 5.75 Å². The third-order valence-electron chi connectivity index (χ3n) is 3.75. The predicted octanol–water partition coefficient (Wildman–Crippen LogP) is 4.62. The molecule has 6 nitrogen and oxygen atoms in total. The fourth-order valence-corrected chi connectivity index (χ4v) is 3.04. The molecule has 0 unspecified atom stereocenters. The number of ether oxygens (including phenoxy) is 1. The molecule has 0 fully saturated rings. The molecule has 2 aromatic carbocycles. The zero-order valence-corrected chi connectivity index (χ0v) is 18.1. The van der Waals surface area contributed by atoms with Gasteiger partial charge in [0, 0.05) is 20.9 Å². The van der Waals surface area contributed by atoms with E-state index in [1.807, 2.05) is 26.0 Å². The van der Waals surface area contributed by atoms with Crippen LogP contribution in [0.25, 0.3) is 0 Å². The lowest BCUT2D eigenvalue weighted by Crippen LogP contribution is -2.26. The van der Waals surface area contributed by atoms with Crippen LogP contribution in [0.2, 0.25) is 5.02 Å². The van der Waals surface area contributed by atoms with Gasteiger partial charge in [-0.2, -0.15) is 5.10 Å². The molecular formula is C20H21BrClN3O3. The Labute approximate surface area is 177 Å². The zero-order chi connectivity index (χ0) is 20.7. The smallest absolute Gasteiger partial charge is 0.277 e. The molecule has 2 rings (SSSR count). The van der Waals surface area contributed by atoms with E-state index in [9.17, 15) is 9.59 Å². The van der Waals surface area contributed by atoms with Crippen LogP contribution in [0.4, 0.5) is 5.69 Å². The first-order chi connectivity index (χ1) is 13.2. The molecule has 0 aliphatic rings. The summed E-state index contributed by atoms with van der Waals surface area (Å²) in [6.45, 7) is 5.24. The van der Waals surface area contributed by atoms with E-state index < -0.39 is 5.91 Å².